The van der Waals surface area contributed by atoms with E-state index in [0.29, 0.717) is 28.8 Å². The van der Waals surface area contributed by atoms with Crippen molar-refractivity contribution in [1.29, 1.82) is 0 Å². The van der Waals surface area contributed by atoms with E-state index in [9.17, 15) is 4.79 Å². The van der Waals surface area contributed by atoms with Gasteiger partial charge in [-0.3, -0.25) is 4.79 Å². The summed E-state index contributed by atoms with van der Waals surface area (Å²) in [5.74, 6) is 0.949. The Morgan fingerprint density at radius 2 is 1.86 bits per heavy atom. The molecule has 6 nitrogen and oxygen atoms in total. The van der Waals surface area contributed by atoms with Crippen LogP contribution in [-0.4, -0.2) is 21.9 Å². The zero-order valence-electron chi connectivity index (χ0n) is 15.4. The van der Waals surface area contributed by atoms with E-state index in [0.717, 1.165) is 11.3 Å². The van der Waals surface area contributed by atoms with Crippen LogP contribution in [-0.2, 0) is 11.4 Å². The Kier molecular flexibility index (Phi) is 5.63. The summed E-state index contributed by atoms with van der Waals surface area (Å²) in [7, 11) is 0. The maximum Gasteiger partial charge on any atom is 0.262 e. The minimum absolute atomic E-state index is 0.103. The van der Waals surface area contributed by atoms with Crippen molar-refractivity contribution in [2.75, 3.05) is 11.9 Å². The first-order valence-corrected chi connectivity index (χ1v) is 9.37. The number of amides is 1. The van der Waals surface area contributed by atoms with Crippen LogP contribution in [0.5, 0.6) is 11.5 Å². The van der Waals surface area contributed by atoms with E-state index in [1.807, 2.05) is 47.1 Å². The lowest BCUT2D eigenvalue weighted by Gasteiger charge is -2.09. The van der Waals surface area contributed by atoms with Gasteiger partial charge in [0, 0.05) is 29.2 Å². The molecular formula is C22H18ClN3O3. The van der Waals surface area contributed by atoms with Gasteiger partial charge >= 0.3 is 0 Å². The fraction of sp³-hybridized carbons (Fsp3) is 0.0909. The van der Waals surface area contributed by atoms with Crippen molar-refractivity contribution in [2.24, 2.45) is 0 Å². The molecule has 4 aromatic rings. The summed E-state index contributed by atoms with van der Waals surface area (Å²) in [5.41, 5.74) is 2.32. The predicted octanol–water partition coefficient (Wildman–Crippen LogP) is 4.58. The van der Waals surface area contributed by atoms with Gasteiger partial charge in [-0.25, -0.2) is 4.98 Å². The van der Waals surface area contributed by atoms with Crippen LogP contribution in [0.4, 0.5) is 5.69 Å². The largest absolute Gasteiger partial charge is 0.487 e. The highest BCUT2D eigenvalue weighted by Gasteiger charge is 2.06. The molecule has 4 rings (SSSR count). The van der Waals surface area contributed by atoms with Crippen molar-refractivity contribution in [1.82, 2.24) is 9.38 Å². The monoisotopic (exact) mass is 407 g/mol. The molecule has 1 amide bonds. The molecule has 0 radical (unpaired) electrons. The van der Waals surface area contributed by atoms with Crippen molar-refractivity contribution in [2.45, 2.75) is 6.61 Å². The third-order valence-electron chi connectivity index (χ3n) is 4.10. The van der Waals surface area contributed by atoms with Crippen LogP contribution in [0.3, 0.4) is 0 Å². The summed E-state index contributed by atoms with van der Waals surface area (Å²) < 4.78 is 13.2. The van der Waals surface area contributed by atoms with E-state index >= 15 is 0 Å². The molecule has 0 aliphatic carbocycles. The Bertz CT molecular complexity index is 1090. The third-order valence-corrected chi connectivity index (χ3v) is 4.35. The maximum absolute atomic E-state index is 12.1. The van der Waals surface area contributed by atoms with Crippen LogP contribution in [0.1, 0.15) is 5.69 Å². The summed E-state index contributed by atoms with van der Waals surface area (Å²) in [6, 6.07) is 19.9. The normalized spacial score (nSPS) is 10.7. The number of aromatic nitrogens is 2. The molecule has 0 aliphatic rings. The van der Waals surface area contributed by atoms with Crippen molar-refractivity contribution >= 4 is 28.8 Å². The molecule has 2 aromatic heterocycles. The van der Waals surface area contributed by atoms with E-state index in [4.69, 9.17) is 21.1 Å². The highest BCUT2D eigenvalue weighted by atomic mass is 35.5. The Labute approximate surface area is 172 Å². The van der Waals surface area contributed by atoms with E-state index < -0.39 is 0 Å². The number of benzene rings is 2. The highest BCUT2D eigenvalue weighted by Crippen LogP contribution is 2.19. The molecule has 0 saturated carbocycles. The Balaban J connectivity index is 1.31. The highest BCUT2D eigenvalue weighted by molar-refractivity contribution is 6.30. The summed E-state index contributed by atoms with van der Waals surface area (Å²) in [6.07, 6.45) is 3.86. The number of halogens is 1. The molecule has 0 bridgehead atoms. The van der Waals surface area contributed by atoms with Crippen LogP contribution < -0.4 is 14.8 Å². The number of carbonyl (C=O) groups is 1. The first-order chi connectivity index (χ1) is 14.2. The minimum Gasteiger partial charge on any atom is -0.487 e. The summed E-state index contributed by atoms with van der Waals surface area (Å²) >= 11 is 5.83. The number of hydrogen-bond donors (Lipinski definition) is 1. The molecule has 0 aliphatic heterocycles. The predicted molar refractivity (Wildman–Crippen MR) is 112 cm³/mol. The zero-order chi connectivity index (χ0) is 20.1. The van der Waals surface area contributed by atoms with Crippen LogP contribution in [0.2, 0.25) is 5.02 Å². The molecule has 0 saturated heterocycles. The second-order valence-corrected chi connectivity index (χ2v) is 6.74. The number of pyridine rings is 1. The minimum atomic E-state index is -0.266. The van der Waals surface area contributed by atoms with Crippen LogP contribution >= 0.6 is 11.6 Å². The molecule has 2 aromatic carbocycles. The van der Waals surface area contributed by atoms with Gasteiger partial charge in [-0.2, -0.15) is 0 Å². The van der Waals surface area contributed by atoms with Crippen molar-refractivity contribution in [3.8, 4) is 11.5 Å². The van der Waals surface area contributed by atoms with Gasteiger partial charge in [0.25, 0.3) is 5.91 Å². The van der Waals surface area contributed by atoms with Crippen LogP contribution in [0.25, 0.3) is 5.65 Å². The van der Waals surface area contributed by atoms with Gasteiger partial charge in [-0.15, -0.1) is 0 Å². The second-order valence-electron chi connectivity index (χ2n) is 6.31. The molecule has 0 unspecified atom stereocenters. The number of fused-ring (bicyclic) bond motifs is 1. The quantitative estimate of drug-likeness (QED) is 0.487. The van der Waals surface area contributed by atoms with Gasteiger partial charge in [-0.1, -0.05) is 23.7 Å². The average Bonchev–Trinajstić information content (AvgIpc) is 3.15. The smallest absolute Gasteiger partial charge is 0.262 e. The Morgan fingerprint density at radius 3 is 2.69 bits per heavy atom. The van der Waals surface area contributed by atoms with Crippen molar-refractivity contribution in [3.63, 3.8) is 0 Å². The first kappa shape index (κ1) is 18.8. The van der Waals surface area contributed by atoms with Gasteiger partial charge in [-0.05, 0) is 48.5 Å². The number of carbonyl (C=O) groups excluding carboxylic acids is 1. The average molecular weight is 408 g/mol. The van der Waals surface area contributed by atoms with Crippen LogP contribution in [0, 0.1) is 0 Å². The fourth-order valence-corrected chi connectivity index (χ4v) is 2.88. The van der Waals surface area contributed by atoms with Crippen molar-refractivity contribution in [3.05, 3.63) is 89.8 Å². The zero-order valence-corrected chi connectivity index (χ0v) is 16.2. The lowest BCUT2D eigenvalue weighted by Crippen LogP contribution is -2.20. The number of nitrogens with one attached hydrogen (secondary N) is 1. The number of anilines is 1. The lowest BCUT2D eigenvalue weighted by molar-refractivity contribution is -0.118. The summed E-state index contributed by atoms with van der Waals surface area (Å²) in [4.78, 5) is 16.6. The van der Waals surface area contributed by atoms with E-state index in [1.165, 1.54) is 0 Å². The first-order valence-electron chi connectivity index (χ1n) is 8.99. The van der Waals surface area contributed by atoms with Crippen molar-refractivity contribution < 1.29 is 14.3 Å². The number of ether oxygens (including phenoxy) is 2. The molecule has 2 heterocycles. The maximum atomic E-state index is 12.1. The van der Waals surface area contributed by atoms with Gasteiger partial charge in [0.2, 0.25) is 0 Å². The van der Waals surface area contributed by atoms with Crippen LogP contribution in [0.15, 0.2) is 79.1 Å². The van der Waals surface area contributed by atoms with Gasteiger partial charge in [0.1, 0.15) is 23.8 Å². The number of rotatable bonds is 7. The van der Waals surface area contributed by atoms with E-state index in [2.05, 4.69) is 10.3 Å². The van der Waals surface area contributed by atoms with E-state index in [-0.39, 0.29) is 12.5 Å². The van der Waals surface area contributed by atoms with Gasteiger partial charge in [0.05, 0.1) is 5.69 Å². The molecule has 0 atom stereocenters. The van der Waals surface area contributed by atoms with E-state index in [1.54, 1.807) is 36.4 Å². The molecule has 7 heteroatoms. The second kappa shape index (κ2) is 8.67. The SMILES string of the molecule is O=C(COc1ccc(Cl)cc1)Nc1cccc(OCc2cn3ccccc3n2)c1. The Morgan fingerprint density at radius 1 is 1.00 bits per heavy atom. The standard InChI is InChI=1S/C22H18ClN3O3/c23-16-7-9-19(10-8-16)29-15-22(27)25-17-4-3-5-20(12-17)28-14-18-13-26-11-2-1-6-21(26)24-18/h1-13H,14-15H2,(H,25,27). The lowest BCUT2D eigenvalue weighted by atomic mass is 10.3. The third kappa shape index (κ3) is 5.06. The molecular weight excluding hydrogens is 390 g/mol. The molecule has 29 heavy (non-hydrogen) atoms. The number of nitrogens with zero attached hydrogens (tertiary/aromatic N) is 2. The molecule has 146 valence electrons. The number of hydrogen-bond acceptors (Lipinski definition) is 4. The van der Waals surface area contributed by atoms with Gasteiger partial charge < -0.3 is 19.2 Å². The summed E-state index contributed by atoms with van der Waals surface area (Å²) in [6.45, 7) is 0.229. The molecule has 0 fully saturated rings. The number of imidazole rings is 1. The molecule has 1 N–H and O–H groups in total. The molecule has 0 spiro atoms. The van der Waals surface area contributed by atoms with Gasteiger partial charge in [0.15, 0.2) is 6.61 Å². The summed E-state index contributed by atoms with van der Waals surface area (Å²) in [5, 5.41) is 3.41. The topological polar surface area (TPSA) is 64.9 Å². The fourth-order valence-electron chi connectivity index (χ4n) is 2.75. The Hall–Kier alpha value is -3.51.